The first-order chi connectivity index (χ1) is 8.18. The number of ketones is 1. The smallest absolute Gasteiger partial charge is 0.155 e. The first-order valence-electron chi connectivity index (χ1n) is 5.57. The third kappa shape index (κ3) is 3.21. The maximum absolute atomic E-state index is 12.2. The van der Waals surface area contributed by atoms with E-state index in [4.69, 9.17) is 11.6 Å². The Morgan fingerprint density at radius 3 is 3.24 bits per heavy atom. The lowest BCUT2D eigenvalue weighted by atomic mass is 10.0. The molecule has 1 atom stereocenters. The number of nitrogens with zero attached hydrogens (tertiary/aromatic N) is 2. The molecule has 0 saturated carbocycles. The van der Waals surface area contributed by atoms with Crippen molar-refractivity contribution in [2.75, 3.05) is 25.1 Å². The second kappa shape index (κ2) is 5.85. The molecule has 1 aliphatic heterocycles. The molecule has 1 unspecified atom stereocenters. The second-order valence-electron chi connectivity index (χ2n) is 4.18. The van der Waals surface area contributed by atoms with Crippen LogP contribution >= 0.6 is 23.4 Å². The van der Waals surface area contributed by atoms with Crippen LogP contribution in [0.5, 0.6) is 0 Å². The van der Waals surface area contributed by atoms with Crippen molar-refractivity contribution in [2.45, 2.75) is 12.5 Å². The van der Waals surface area contributed by atoms with Crippen LogP contribution in [-0.4, -0.2) is 46.8 Å². The Bertz CT molecular complexity index is 413. The first-order valence-corrected chi connectivity index (χ1v) is 7.11. The molecule has 0 aromatic carbocycles. The number of halogens is 1. The molecule has 5 heteroatoms. The molecule has 0 radical (unpaired) electrons. The van der Waals surface area contributed by atoms with Gasteiger partial charge in [-0.1, -0.05) is 11.6 Å². The standard InChI is InChI=1S/C12H15ClN2OS/c1-15-4-5-17-8-11(15)12(16)6-9-2-3-14-7-10(9)13/h2-3,7,11H,4-6,8H2,1H3. The average molecular weight is 271 g/mol. The minimum absolute atomic E-state index is 0.0259. The largest absolute Gasteiger partial charge is 0.298 e. The summed E-state index contributed by atoms with van der Waals surface area (Å²) >= 11 is 7.85. The minimum Gasteiger partial charge on any atom is -0.298 e. The molecule has 92 valence electrons. The van der Waals surface area contributed by atoms with Crippen molar-refractivity contribution in [3.63, 3.8) is 0 Å². The lowest BCUT2D eigenvalue weighted by molar-refractivity contribution is -0.122. The number of hydrogen-bond donors (Lipinski definition) is 0. The van der Waals surface area contributed by atoms with Crippen molar-refractivity contribution in [3.05, 3.63) is 29.0 Å². The van der Waals surface area contributed by atoms with Crippen LogP contribution in [0.2, 0.25) is 5.02 Å². The van der Waals surface area contributed by atoms with Gasteiger partial charge < -0.3 is 0 Å². The fraction of sp³-hybridized carbons (Fsp3) is 0.500. The van der Waals surface area contributed by atoms with Gasteiger partial charge in [0, 0.05) is 36.9 Å². The van der Waals surface area contributed by atoms with Crippen LogP contribution in [-0.2, 0) is 11.2 Å². The Morgan fingerprint density at radius 2 is 2.53 bits per heavy atom. The van der Waals surface area contributed by atoms with Crippen LogP contribution in [0.15, 0.2) is 18.5 Å². The van der Waals surface area contributed by atoms with Gasteiger partial charge >= 0.3 is 0 Å². The fourth-order valence-corrected chi connectivity index (χ4v) is 3.31. The molecule has 2 rings (SSSR count). The van der Waals surface area contributed by atoms with Gasteiger partial charge in [0.15, 0.2) is 5.78 Å². The molecule has 1 fully saturated rings. The molecule has 1 aromatic rings. The molecular formula is C12H15ClN2OS. The maximum atomic E-state index is 12.2. The van der Waals surface area contributed by atoms with Gasteiger partial charge in [-0.05, 0) is 18.7 Å². The van der Waals surface area contributed by atoms with E-state index in [0.717, 1.165) is 23.6 Å². The molecule has 0 bridgehead atoms. The molecule has 1 aliphatic rings. The van der Waals surface area contributed by atoms with E-state index in [1.807, 2.05) is 24.9 Å². The number of carbonyl (C=O) groups is 1. The summed E-state index contributed by atoms with van der Waals surface area (Å²) in [7, 11) is 2.01. The quantitative estimate of drug-likeness (QED) is 0.840. The van der Waals surface area contributed by atoms with Crippen molar-refractivity contribution in [1.29, 1.82) is 0 Å². The van der Waals surface area contributed by atoms with E-state index in [1.165, 1.54) is 0 Å². The molecule has 17 heavy (non-hydrogen) atoms. The van der Waals surface area contributed by atoms with Gasteiger partial charge in [-0.15, -0.1) is 0 Å². The Hall–Kier alpha value is -0.580. The van der Waals surface area contributed by atoms with Crippen molar-refractivity contribution in [2.24, 2.45) is 0 Å². The van der Waals surface area contributed by atoms with Crippen molar-refractivity contribution >= 4 is 29.1 Å². The minimum atomic E-state index is 0.0259. The van der Waals surface area contributed by atoms with E-state index >= 15 is 0 Å². The number of thioether (sulfide) groups is 1. The van der Waals surface area contributed by atoms with Gasteiger partial charge in [0.2, 0.25) is 0 Å². The molecule has 0 aliphatic carbocycles. The molecule has 0 amide bonds. The molecule has 2 heterocycles. The molecular weight excluding hydrogens is 256 g/mol. The highest BCUT2D eigenvalue weighted by molar-refractivity contribution is 7.99. The number of pyridine rings is 1. The van der Waals surface area contributed by atoms with Crippen LogP contribution in [0.3, 0.4) is 0 Å². The van der Waals surface area contributed by atoms with E-state index in [2.05, 4.69) is 9.88 Å². The molecule has 1 aromatic heterocycles. The number of hydrogen-bond acceptors (Lipinski definition) is 4. The van der Waals surface area contributed by atoms with Gasteiger partial charge in [0.05, 0.1) is 11.1 Å². The average Bonchev–Trinajstić information content (AvgIpc) is 2.32. The summed E-state index contributed by atoms with van der Waals surface area (Å²) < 4.78 is 0. The lowest BCUT2D eigenvalue weighted by Crippen LogP contribution is -2.45. The van der Waals surface area contributed by atoms with Crippen molar-refractivity contribution in [1.82, 2.24) is 9.88 Å². The van der Waals surface area contributed by atoms with Crippen LogP contribution in [0.25, 0.3) is 0 Å². The summed E-state index contributed by atoms with van der Waals surface area (Å²) in [6.45, 7) is 0.977. The predicted molar refractivity (Wildman–Crippen MR) is 71.7 cm³/mol. The highest BCUT2D eigenvalue weighted by atomic mass is 35.5. The van der Waals surface area contributed by atoms with E-state index in [1.54, 1.807) is 12.4 Å². The first kappa shape index (κ1) is 12.9. The number of aromatic nitrogens is 1. The van der Waals surface area contributed by atoms with Gasteiger partial charge in [0.1, 0.15) is 0 Å². The normalized spacial score (nSPS) is 21.4. The number of Topliss-reactive ketones (excluding diaryl/α,β-unsaturated/α-hetero) is 1. The number of carbonyl (C=O) groups excluding carboxylic acids is 1. The maximum Gasteiger partial charge on any atom is 0.155 e. The third-order valence-electron chi connectivity index (χ3n) is 2.99. The summed E-state index contributed by atoms with van der Waals surface area (Å²) in [5.41, 5.74) is 0.871. The summed E-state index contributed by atoms with van der Waals surface area (Å²) in [5, 5.41) is 0.576. The van der Waals surface area contributed by atoms with E-state index in [-0.39, 0.29) is 11.8 Å². The Labute approximate surface area is 111 Å². The van der Waals surface area contributed by atoms with Crippen molar-refractivity contribution < 1.29 is 4.79 Å². The van der Waals surface area contributed by atoms with Gasteiger partial charge in [-0.3, -0.25) is 14.7 Å². The second-order valence-corrected chi connectivity index (χ2v) is 5.74. The molecule has 1 saturated heterocycles. The highest BCUT2D eigenvalue weighted by Crippen LogP contribution is 2.19. The van der Waals surface area contributed by atoms with E-state index < -0.39 is 0 Å². The summed E-state index contributed by atoms with van der Waals surface area (Å²) in [5.74, 6) is 2.24. The SMILES string of the molecule is CN1CCSCC1C(=O)Cc1ccncc1Cl. The zero-order valence-electron chi connectivity index (χ0n) is 9.73. The summed E-state index contributed by atoms with van der Waals surface area (Å²) in [6.07, 6.45) is 3.66. The predicted octanol–water partition coefficient (Wildman–Crippen LogP) is 1.89. The fourth-order valence-electron chi connectivity index (χ4n) is 1.88. The highest BCUT2D eigenvalue weighted by Gasteiger charge is 2.26. The Kier molecular flexibility index (Phi) is 4.42. The zero-order valence-corrected chi connectivity index (χ0v) is 11.3. The topological polar surface area (TPSA) is 33.2 Å². The molecule has 0 N–H and O–H groups in total. The summed E-state index contributed by atoms with van der Waals surface area (Å²) in [4.78, 5) is 18.3. The van der Waals surface area contributed by atoms with Crippen LogP contribution in [0.4, 0.5) is 0 Å². The van der Waals surface area contributed by atoms with Gasteiger partial charge in [-0.25, -0.2) is 0 Å². The van der Waals surface area contributed by atoms with Gasteiger partial charge in [-0.2, -0.15) is 11.8 Å². The van der Waals surface area contributed by atoms with Crippen LogP contribution in [0, 0.1) is 0 Å². The molecule has 0 spiro atoms. The lowest BCUT2D eigenvalue weighted by Gasteiger charge is -2.30. The monoisotopic (exact) mass is 270 g/mol. The summed E-state index contributed by atoms with van der Waals surface area (Å²) in [6, 6.07) is 1.84. The van der Waals surface area contributed by atoms with Gasteiger partial charge in [0.25, 0.3) is 0 Å². The van der Waals surface area contributed by atoms with Crippen molar-refractivity contribution in [3.8, 4) is 0 Å². The van der Waals surface area contributed by atoms with E-state index in [0.29, 0.717) is 11.4 Å². The number of rotatable bonds is 3. The zero-order chi connectivity index (χ0) is 12.3. The number of likely N-dealkylation sites (N-methyl/N-ethyl adjacent to an activating group) is 1. The third-order valence-corrected chi connectivity index (χ3v) is 4.35. The van der Waals surface area contributed by atoms with E-state index in [9.17, 15) is 4.79 Å². The Balaban J connectivity index is 2.03. The molecule has 3 nitrogen and oxygen atoms in total. The van der Waals surface area contributed by atoms with Crippen LogP contribution in [0.1, 0.15) is 5.56 Å². The Morgan fingerprint density at radius 1 is 1.71 bits per heavy atom. The van der Waals surface area contributed by atoms with Crippen LogP contribution < -0.4 is 0 Å².